The molecule has 2 N–H and O–H groups in total. The zero-order valence-corrected chi connectivity index (χ0v) is 10.5. The molecule has 0 heterocycles. The van der Waals surface area contributed by atoms with Crippen molar-refractivity contribution in [2.45, 2.75) is 45.8 Å². The molecule has 0 aliphatic heterocycles. The van der Waals surface area contributed by atoms with Crippen molar-refractivity contribution >= 4 is 0 Å². The van der Waals surface area contributed by atoms with Crippen LogP contribution in [0.3, 0.4) is 0 Å². The van der Waals surface area contributed by atoms with Crippen LogP contribution in [0.2, 0.25) is 0 Å². The van der Waals surface area contributed by atoms with E-state index in [2.05, 4.69) is 31.3 Å². The van der Waals surface area contributed by atoms with Gasteiger partial charge in [-0.3, -0.25) is 0 Å². The van der Waals surface area contributed by atoms with Gasteiger partial charge in [-0.25, -0.2) is 0 Å². The van der Waals surface area contributed by atoms with E-state index in [-0.39, 0.29) is 6.04 Å². The van der Waals surface area contributed by atoms with Crippen LogP contribution in [0.15, 0.2) is 24.3 Å². The molecule has 1 aromatic rings. The van der Waals surface area contributed by atoms with Crippen molar-refractivity contribution < 1.29 is 5.11 Å². The Labute approximate surface area is 98.7 Å². The Morgan fingerprint density at radius 1 is 1.19 bits per heavy atom. The average Bonchev–Trinajstić information content (AvgIpc) is 2.35. The monoisotopic (exact) mass is 221 g/mol. The van der Waals surface area contributed by atoms with Crippen molar-refractivity contribution in [2.24, 2.45) is 0 Å². The Morgan fingerprint density at radius 3 is 2.31 bits per heavy atom. The van der Waals surface area contributed by atoms with Gasteiger partial charge >= 0.3 is 0 Å². The Morgan fingerprint density at radius 2 is 1.81 bits per heavy atom. The zero-order chi connectivity index (χ0) is 12.0. The number of aliphatic hydroxyl groups is 1. The van der Waals surface area contributed by atoms with Crippen molar-refractivity contribution in [1.29, 1.82) is 0 Å². The van der Waals surface area contributed by atoms with E-state index in [1.165, 1.54) is 5.56 Å². The van der Waals surface area contributed by atoms with E-state index >= 15 is 0 Å². The molecule has 1 aromatic carbocycles. The van der Waals surface area contributed by atoms with E-state index in [9.17, 15) is 5.11 Å². The van der Waals surface area contributed by atoms with E-state index in [0.29, 0.717) is 0 Å². The second-order valence-electron chi connectivity index (χ2n) is 4.28. The first-order valence-electron chi connectivity index (χ1n) is 6.19. The number of aliphatic hydroxyl groups excluding tert-OH is 1. The molecule has 1 rings (SSSR count). The lowest BCUT2D eigenvalue weighted by atomic mass is 10.0. The van der Waals surface area contributed by atoms with Crippen LogP contribution >= 0.6 is 0 Å². The topological polar surface area (TPSA) is 32.3 Å². The average molecular weight is 221 g/mol. The number of rotatable bonds is 6. The number of benzene rings is 1. The van der Waals surface area contributed by atoms with Gasteiger partial charge in [0.2, 0.25) is 0 Å². The second-order valence-corrected chi connectivity index (χ2v) is 4.28. The van der Waals surface area contributed by atoms with Crippen LogP contribution in [0.1, 0.15) is 44.4 Å². The van der Waals surface area contributed by atoms with Gasteiger partial charge in [0.25, 0.3) is 0 Å². The van der Waals surface area contributed by atoms with Crippen LogP contribution in [-0.2, 0) is 6.42 Å². The molecule has 0 aliphatic carbocycles. The van der Waals surface area contributed by atoms with E-state index in [4.69, 9.17) is 0 Å². The number of hydrogen-bond acceptors (Lipinski definition) is 2. The van der Waals surface area contributed by atoms with Gasteiger partial charge in [-0.15, -0.1) is 0 Å². The summed E-state index contributed by atoms with van der Waals surface area (Å²) in [5.74, 6) is 0. The van der Waals surface area contributed by atoms with Crippen LogP contribution in [0.25, 0.3) is 0 Å². The molecule has 0 fully saturated rings. The minimum atomic E-state index is -0.419. The fraction of sp³-hybridized carbons (Fsp3) is 0.571. The summed E-state index contributed by atoms with van der Waals surface area (Å²) in [6, 6.07) is 8.32. The maximum Gasteiger partial charge on any atom is 0.0940 e. The summed E-state index contributed by atoms with van der Waals surface area (Å²) < 4.78 is 0. The predicted molar refractivity (Wildman–Crippen MR) is 68.5 cm³/mol. The molecule has 0 amide bonds. The molecule has 0 aromatic heterocycles. The summed E-state index contributed by atoms with van der Waals surface area (Å²) in [7, 11) is 0. The highest BCUT2D eigenvalue weighted by atomic mass is 16.3. The summed E-state index contributed by atoms with van der Waals surface area (Å²) in [6.07, 6.45) is 1.71. The van der Waals surface area contributed by atoms with E-state index in [0.717, 1.165) is 24.9 Å². The summed E-state index contributed by atoms with van der Waals surface area (Å²) in [4.78, 5) is 0. The van der Waals surface area contributed by atoms with Gasteiger partial charge in [0.15, 0.2) is 0 Å². The molecule has 0 saturated heterocycles. The summed E-state index contributed by atoms with van der Waals surface area (Å²) in [6.45, 7) is 7.23. The maximum atomic E-state index is 10.1. The summed E-state index contributed by atoms with van der Waals surface area (Å²) in [5.41, 5.74) is 2.30. The van der Waals surface area contributed by atoms with Crippen LogP contribution in [-0.4, -0.2) is 17.7 Å². The van der Waals surface area contributed by atoms with Gasteiger partial charge < -0.3 is 10.4 Å². The summed E-state index contributed by atoms with van der Waals surface area (Å²) in [5, 5.41) is 13.4. The molecule has 0 radical (unpaired) electrons. The molecule has 0 bridgehead atoms. The third kappa shape index (κ3) is 3.62. The van der Waals surface area contributed by atoms with Crippen LogP contribution in [0.4, 0.5) is 0 Å². The first-order chi connectivity index (χ1) is 7.69. The third-order valence-corrected chi connectivity index (χ3v) is 2.92. The van der Waals surface area contributed by atoms with Gasteiger partial charge in [0.05, 0.1) is 6.10 Å². The highest BCUT2D eigenvalue weighted by Crippen LogP contribution is 2.17. The fourth-order valence-electron chi connectivity index (χ4n) is 1.72. The number of nitrogens with one attached hydrogen (secondary N) is 1. The Balaban J connectivity index is 2.60. The fourth-order valence-corrected chi connectivity index (χ4v) is 1.72. The van der Waals surface area contributed by atoms with Crippen LogP contribution < -0.4 is 5.32 Å². The van der Waals surface area contributed by atoms with Gasteiger partial charge in [-0.2, -0.15) is 0 Å². The quantitative estimate of drug-likeness (QED) is 0.774. The van der Waals surface area contributed by atoms with Gasteiger partial charge in [0.1, 0.15) is 0 Å². The Kier molecular flexibility index (Phi) is 5.50. The minimum Gasteiger partial charge on any atom is -0.387 e. The number of aryl methyl sites for hydroxylation is 1. The molecule has 90 valence electrons. The van der Waals surface area contributed by atoms with Crippen molar-refractivity contribution in [1.82, 2.24) is 5.32 Å². The Hall–Kier alpha value is -0.860. The smallest absolute Gasteiger partial charge is 0.0940 e. The third-order valence-electron chi connectivity index (χ3n) is 2.92. The van der Waals surface area contributed by atoms with Crippen molar-refractivity contribution in [3.05, 3.63) is 35.4 Å². The highest BCUT2D eigenvalue weighted by Gasteiger charge is 2.14. The van der Waals surface area contributed by atoms with Gasteiger partial charge in [0, 0.05) is 6.04 Å². The molecule has 0 saturated carbocycles. The van der Waals surface area contributed by atoms with Gasteiger partial charge in [-0.05, 0) is 37.4 Å². The second kappa shape index (κ2) is 6.66. The summed E-state index contributed by atoms with van der Waals surface area (Å²) >= 11 is 0. The molecule has 0 aliphatic rings. The first kappa shape index (κ1) is 13.2. The molecule has 2 nitrogen and oxygen atoms in total. The maximum absolute atomic E-state index is 10.1. The standard InChI is InChI=1S/C14H23NO/c1-4-10-15-11(3)14(16)13-8-6-12(5-2)7-9-13/h6-9,11,14-16H,4-5,10H2,1-3H3. The zero-order valence-electron chi connectivity index (χ0n) is 10.5. The van der Waals surface area contributed by atoms with E-state index in [1.54, 1.807) is 0 Å². The van der Waals surface area contributed by atoms with Crippen molar-refractivity contribution in [3.63, 3.8) is 0 Å². The SMILES string of the molecule is CCCNC(C)C(O)c1ccc(CC)cc1. The molecule has 2 unspecified atom stereocenters. The highest BCUT2D eigenvalue weighted by molar-refractivity contribution is 5.24. The molecule has 2 atom stereocenters. The Bertz CT molecular complexity index is 294. The lowest BCUT2D eigenvalue weighted by Crippen LogP contribution is -2.32. The van der Waals surface area contributed by atoms with Gasteiger partial charge in [-0.1, -0.05) is 38.1 Å². The minimum absolute atomic E-state index is 0.104. The molecule has 16 heavy (non-hydrogen) atoms. The molecule has 0 spiro atoms. The number of hydrogen-bond donors (Lipinski definition) is 2. The lowest BCUT2D eigenvalue weighted by Gasteiger charge is -2.20. The normalized spacial score (nSPS) is 14.8. The molecular formula is C14H23NO. The van der Waals surface area contributed by atoms with Crippen molar-refractivity contribution in [3.8, 4) is 0 Å². The van der Waals surface area contributed by atoms with Crippen LogP contribution in [0, 0.1) is 0 Å². The predicted octanol–water partition coefficient (Wildman–Crippen LogP) is 2.67. The largest absolute Gasteiger partial charge is 0.387 e. The first-order valence-corrected chi connectivity index (χ1v) is 6.19. The van der Waals surface area contributed by atoms with E-state index < -0.39 is 6.10 Å². The lowest BCUT2D eigenvalue weighted by molar-refractivity contribution is 0.136. The van der Waals surface area contributed by atoms with Crippen LogP contribution in [0.5, 0.6) is 0 Å². The van der Waals surface area contributed by atoms with E-state index in [1.807, 2.05) is 19.1 Å². The molecular weight excluding hydrogens is 198 g/mol. The molecule has 2 heteroatoms. The van der Waals surface area contributed by atoms with Crippen molar-refractivity contribution in [2.75, 3.05) is 6.54 Å².